The van der Waals surface area contributed by atoms with Crippen molar-refractivity contribution >= 4 is 11.9 Å². The van der Waals surface area contributed by atoms with Gasteiger partial charge in [-0.1, -0.05) is 20.8 Å². The molecule has 0 aliphatic carbocycles. The molecule has 0 bridgehead atoms. The molecular formula is C7H15ClO. The van der Waals surface area contributed by atoms with E-state index in [0.717, 1.165) is 6.42 Å². The molecule has 1 atom stereocenters. The summed E-state index contributed by atoms with van der Waals surface area (Å²) in [5, 5.41) is 0. The minimum Gasteiger partial charge on any atom is -0.276 e. The standard InChI is InChI=1S/C7H15ClO/c1-5-7(3,4)6(2)9-8/h6H,5H2,1-4H3. The van der Waals surface area contributed by atoms with E-state index in [0.29, 0.717) is 0 Å². The van der Waals surface area contributed by atoms with Gasteiger partial charge in [0.05, 0.1) is 18.0 Å². The summed E-state index contributed by atoms with van der Waals surface area (Å²) in [6.07, 6.45) is 1.21. The number of hydrogen-bond acceptors (Lipinski definition) is 1. The predicted molar refractivity (Wildman–Crippen MR) is 40.5 cm³/mol. The predicted octanol–water partition coefficient (Wildman–Crippen LogP) is 2.98. The molecule has 2 heteroatoms. The van der Waals surface area contributed by atoms with Gasteiger partial charge in [0.1, 0.15) is 0 Å². The molecule has 0 aromatic carbocycles. The highest BCUT2D eigenvalue weighted by Gasteiger charge is 2.23. The Morgan fingerprint density at radius 2 is 2.00 bits per heavy atom. The van der Waals surface area contributed by atoms with Crippen molar-refractivity contribution in [2.75, 3.05) is 0 Å². The zero-order valence-electron chi connectivity index (χ0n) is 6.57. The Hall–Kier alpha value is 0.250. The molecule has 0 saturated carbocycles. The maximum absolute atomic E-state index is 5.22. The summed E-state index contributed by atoms with van der Waals surface area (Å²) in [6, 6.07) is 0. The topological polar surface area (TPSA) is 9.23 Å². The van der Waals surface area contributed by atoms with Crippen LogP contribution in [0.25, 0.3) is 0 Å². The van der Waals surface area contributed by atoms with E-state index in [9.17, 15) is 0 Å². The summed E-state index contributed by atoms with van der Waals surface area (Å²) in [4.78, 5) is 0. The summed E-state index contributed by atoms with van der Waals surface area (Å²) in [7, 11) is 0. The van der Waals surface area contributed by atoms with Crippen molar-refractivity contribution < 1.29 is 4.29 Å². The fourth-order valence-corrected chi connectivity index (χ4v) is 0.649. The second kappa shape index (κ2) is 3.43. The quantitative estimate of drug-likeness (QED) is 0.601. The van der Waals surface area contributed by atoms with Gasteiger partial charge in [-0.2, -0.15) is 0 Å². The second-order valence-electron chi connectivity index (χ2n) is 3.07. The molecule has 0 rings (SSSR count). The van der Waals surface area contributed by atoms with Crippen molar-refractivity contribution in [2.45, 2.75) is 40.2 Å². The first-order valence-corrected chi connectivity index (χ1v) is 3.63. The molecule has 0 aromatic rings. The fraction of sp³-hybridized carbons (Fsp3) is 1.00. The highest BCUT2D eigenvalue weighted by Crippen LogP contribution is 2.27. The molecule has 56 valence electrons. The molecule has 9 heavy (non-hydrogen) atoms. The third-order valence-corrected chi connectivity index (χ3v) is 2.41. The third-order valence-electron chi connectivity index (χ3n) is 2.15. The Morgan fingerprint density at radius 1 is 1.56 bits per heavy atom. The fourth-order valence-electron chi connectivity index (χ4n) is 0.408. The molecule has 1 unspecified atom stereocenters. The van der Waals surface area contributed by atoms with Crippen LogP contribution in [-0.4, -0.2) is 6.10 Å². The molecule has 0 aliphatic rings. The highest BCUT2D eigenvalue weighted by molar-refractivity contribution is 6.07. The van der Waals surface area contributed by atoms with Crippen LogP contribution in [0.15, 0.2) is 0 Å². The molecule has 0 aliphatic heterocycles. The first kappa shape index (κ1) is 9.25. The second-order valence-corrected chi connectivity index (χ2v) is 3.25. The van der Waals surface area contributed by atoms with Gasteiger partial charge in [-0.25, -0.2) is 0 Å². The van der Waals surface area contributed by atoms with Crippen molar-refractivity contribution in [2.24, 2.45) is 5.41 Å². The lowest BCUT2D eigenvalue weighted by molar-refractivity contribution is 0.0963. The zero-order valence-corrected chi connectivity index (χ0v) is 7.33. The average Bonchev–Trinajstić information content (AvgIpc) is 1.86. The van der Waals surface area contributed by atoms with Gasteiger partial charge in [0.15, 0.2) is 0 Å². The van der Waals surface area contributed by atoms with Crippen LogP contribution in [0.3, 0.4) is 0 Å². The Labute approximate surface area is 62.5 Å². The van der Waals surface area contributed by atoms with Gasteiger partial charge in [0.25, 0.3) is 0 Å². The van der Waals surface area contributed by atoms with Crippen LogP contribution in [-0.2, 0) is 4.29 Å². The first-order valence-electron chi connectivity index (χ1n) is 3.32. The normalized spacial score (nSPS) is 15.7. The lowest BCUT2D eigenvalue weighted by Crippen LogP contribution is -2.25. The van der Waals surface area contributed by atoms with Gasteiger partial charge >= 0.3 is 0 Å². The van der Waals surface area contributed by atoms with Crippen molar-refractivity contribution in [1.82, 2.24) is 0 Å². The van der Waals surface area contributed by atoms with Crippen LogP contribution in [0, 0.1) is 5.41 Å². The van der Waals surface area contributed by atoms with E-state index in [1.807, 2.05) is 6.92 Å². The molecule has 0 radical (unpaired) electrons. The van der Waals surface area contributed by atoms with Gasteiger partial charge < -0.3 is 0 Å². The van der Waals surface area contributed by atoms with Gasteiger partial charge in [-0.15, -0.1) is 0 Å². The summed E-state index contributed by atoms with van der Waals surface area (Å²) in [6.45, 7) is 8.39. The molecule has 0 fully saturated rings. The van der Waals surface area contributed by atoms with E-state index < -0.39 is 0 Å². The van der Waals surface area contributed by atoms with E-state index in [2.05, 4.69) is 25.1 Å². The van der Waals surface area contributed by atoms with E-state index in [1.54, 1.807) is 0 Å². The SMILES string of the molecule is CCC(C)(C)C(C)OCl. The van der Waals surface area contributed by atoms with E-state index >= 15 is 0 Å². The van der Waals surface area contributed by atoms with Crippen molar-refractivity contribution in [3.8, 4) is 0 Å². The number of halogens is 1. The Kier molecular flexibility index (Phi) is 3.52. The average molecular weight is 151 g/mol. The van der Waals surface area contributed by atoms with Gasteiger partial charge in [-0.3, -0.25) is 4.29 Å². The summed E-state index contributed by atoms with van der Waals surface area (Å²) in [5.74, 6) is 0. The van der Waals surface area contributed by atoms with Gasteiger partial charge in [-0.05, 0) is 18.8 Å². The molecule has 0 amide bonds. The highest BCUT2D eigenvalue weighted by atomic mass is 35.5. The Balaban J connectivity index is 3.80. The van der Waals surface area contributed by atoms with Crippen molar-refractivity contribution in [1.29, 1.82) is 0 Å². The Bertz CT molecular complexity index is 81.0. The number of rotatable bonds is 3. The van der Waals surface area contributed by atoms with Crippen molar-refractivity contribution in [3.63, 3.8) is 0 Å². The molecule has 0 aromatic heterocycles. The Morgan fingerprint density at radius 3 is 2.11 bits per heavy atom. The minimum absolute atomic E-state index is 0.129. The zero-order chi connectivity index (χ0) is 7.49. The van der Waals surface area contributed by atoms with Gasteiger partial charge in [0, 0.05) is 0 Å². The van der Waals surface area contributed by atoms with Crippen LogP contribution in [0.1, 0.15) is 34.1 Å². The van der Waals surface area contributed by atoms with E-state index in [4.69, 9.17) is 11.9 Å². The summed E-state index contributed by atoms with van der Waals surface area (Å²) in [5.41, 5.74) is 0.196. The van der Waals surface area contributed by atoms with E-state index in [1.165, 1.54) is 0 Å². The molecule has 0 N–H and O–H groups in total. The largest absolute Gasteiger partial charge is 0.276 e. The molecule has 0 spiro atoms. The minimum atomic E-state index is 0.129. The van der Waals surface area contributed by atoms with E-state index in [-0.39, 0.29) is 11.5 Å². The lowest BCUT2D eigenvalue weighted by atomic mass is 9.85. The first-order chi connectivity index (χ1) is 4.04. The summed E-state index contributed by atoms with van der Waals surface area (Å²) >= 11 is 5.22. The van der Waals surface area contributed by atoms with Crippen LogP contribution in [0.2, 0.25) is 0 Å². The summed E-state index contributed by atoms with van der Waals surface area (Å²) < 4.78 is 4.68. The maximum atomic E-state index is 5.22. The molecule has 0 saturated heterocycles. The molecule has 1 nitrogen and oxygen atoms in total. The smallest absolute Gasteiger partial charge is 0.0813 e. The van der Waals surface area contributed by atoms with Crippen LogP contribution < -0.4 is 0 Å². The number of hydrogen-bond donors (Lipinski definition) is 0. The van der Waals surface area contributed by atoms with Gasteiger partial charge in [0.2, 0.25) is 0 Å². The van der Waals surface area contributed by atoms with Crippen molar-refractivity contribution in [3.05, 3.63) is 0 Å². The van der Waals surface area contributed by atoms with Crippen LogP contribution >= 0.6 is 11.9 Å². The molecule has 0 heterocycles. The third kappa shape index (κ3) is 2.55. The molecular weight excluding hydrogens is 136 g/mol. The van der Waals surface area contributed by atoms with Crippen LogP contribution in [0.5, 0.6) is 0 Å². The monoisotopic (exact) mass is 150 g/mol. The maximum Gasteiger partial charge on any atom is 0.0813 e. The van der Waals surface area contributed by atoms with Crippen LogP contribution in [0.4, 0.5) is 0 Å². The lowest BCUT2D eigenvalue weighted by Gasteiger charge is -2.27.